The van der Waals surface area contributed by atoms with E-state index in [1.807, 2.05) is 36.4 Å². The van der Waals surface area contributed by atoms with Crippen LogP contribution in [0.4, 0.5) is 0 Å². The number of nitriles is 1. The number of aromatic nitrogens is 3. The third kappa shape index (κ3) is 3.67. The summed E-state index contributed by atoms with van der Waals surface area (Å²) in [5.41, 5.74) is 0.980. The van der Waals surface area contributed by atoms with Crippen LogP contribution in [-0.2, 0) is 16.4 Å². The second kappa shape index (κ2) is 6.50. The smallest absolute Gasteiger partial charge is 0.250 e. The van der Waals surface area contributed by atoms with E-state index in [1.54, 1.807) is 11.5 Å². The average molecular weight is 304 g/mol. The predicted molar refractivity (Wildman–Crippen MR) is 77.2 cm³/mol. The number of hydrogen-bond acceptors (Lipinski definition) is 5. The van der Waals surface area contributed by atoms with Gasteiger partial charge in [-0.15, -0.1) is 10.2 Å². The van der Waals surface area contributed by atoms with Crippen LogP contribution in [0.2, 0.25) is 0 Å². The molecule has 0 amide bonds. The highest BCUT2D eigenvalue weighted by Gasteiger charge is 2.23. The van der Waals surface area contributed by atoms with E-state index in [2.05, 4.69) is 10.2 Å². The van der Waals surface area contributed by atoms with Crippen molar-refractivity contribution in [2.24, 2.45) is 0 Å². The average Bonchev–Trinajstić information content (AvgIpc) is 2.82. The second-order valence-corrected chi connectivity index (χ2v) is 6.68. The lowest BCUT2D eigenvalue weighted by Gasteiger charge is -2.09. The van der Waals surface area contributed by atoms with Gasteiger partial charge in [0.1, 0.15) is 5.82 Å². The van der Waals surface area contributed by atoms with Crippen molar-refractivity contribution in [1.29, 1.82) is 5.26 Å². The van der Waals surface area contributed by atoms with Crippen molar-refractivity contribution in [3.63, 3.8) is 0 Å². The first kappa shape index (κ1) is 15.2. The molecule has 1 aromatic carbocycles. The summed E-state index contributed by atoms with van der Waals surface area (Å²) in [5, 5.41) is 16.2. The first-order chi connectivity index (χ1) is 10.0. The lowest BCUT2D eigenvalue weighted by atomic mass is 10.2. The van der Waals surface area contributed by atoms with Crippen LogP contribution >= 0.6 is 0 Å². The van der Waals surface area contributed by atoms with Gasteiger partial charge in [-0.05, 0) is 18.9 Å². The molecule has 0 fully saturated rings. The fourth-order valence-electron chi connectivity index (χ4n) is 1.97. The van der Waals surface area contributed by atoms with Crippen LogP contribution in [0.25, 0.3) is 0 Å². The Kier molecular flexibility index (Phi) is 4.70. The first-order valence-electron chi connectivity index (χ1n) is 6.58. The number of unbranched alkanes of at least 4 members (excludes halogenated alkanes) is 1. The normalized spacial score (nSPS) is 11.2. The van der Waals surface area contributed by atoms with Crippen molar-refractivity contribution in [3.8, 4) is 6.07 Å². The van der Waals surface area contributed by atoms with E-state index >= 15 is 0 Å². The zero-order valence-corrected chi connectivity index (χ0v) is 12.5. The molecule has 0 atom stereocenters. The van der Waals surface area contributed by atoms with Gasteiger partial charge >= 0.3 is 0 Å². The lowest BCUT2D eigenvalue weighted by Crippen LogP contribution is -2.15. The van der Waals surface area contributed by atoms with E-state index in [4.69, 9.17) is 5.26 Å². The topological polar surface area (TPSA) is 88.6 Å². The standard InChI is InChI=1S/C14H16N4O2S/c1-12-16-17-14(21(19,20)10-6-5-9-15)18(12)11-13-7-3-2-4-8-13/h2-4,7-8H,5-6,10-11H2,1H3. The fourth-order valence-corrected chi connectivity index (χ4v) is 3.38. The first-order valence-corrected chi connectivity index (χ1v) is 8.23. The van der Waals surface area contributed by atoms with E-state index in [1.165, 1.54) is 0 Å². The SMILES string of the molecule is Cc1nnc(S(=O)(=O)CCCC#N)n1Cc1ccccc1. The zero-order valence-electron chi connectivity index (χ0n) is 11.7. The molecule has 1 heterocycles. The summed E-state index contributed by atoms with van der Waals surface area (Å²) in [5.74, 6) is 0.464. The van der Waals surface area contributed by atoms with E-state index in [-0.39, 0.29) is 17.3 Å². The van der Waals surface area contributed by atoms with Crippen LogP contribution < -0.4 is 0 Å². The quantitative estimate of drug-likeness (QED) is 0.758. The molecular weight excluding hydrogens is 288 g/mol. The van der Waals surface area contributed by atoms with Gasteiger partial charge in [-0.25, -0.2) is 8.42 Å². The predicted octanol–water partition coefficient (Wildman–Crippen LogP) is 1.71. The van der Waals surface area contributed by atoms with Crippen molar-refractivity contribution in [2.45, 2.75) is 31.5 Å². The van der Waals surface area contributed by atoms with Gasteiger partial charge in [0.2, 0.25) is 15.0 Å². The molecule has 0 aliphatic carbocycles. The van der Waals surface area contributed by atoms with E-state index < -0.39 is 9.84 Å². The molecule has 0 saturated carbocycles. The van der Waals surface area contributed by atoms with Crippen LogP contribution in [0.5, 0.6) is 0 Å². The van der Waals surface area contributed by atoms with Crippen LogP contribution in [0.3, 0.4) is 0 Å². The second-order valence-electron chi connectivity index (χ2n) is 4.68. The molecule has 0 saturated heterocycles. The van der Waals surface area contributed by atoms with E-state index in [9.17, 15) is 8.42 Å². The summed E-state index contributed by atoms with van der Waals surface area (Å²) < 4.78 is 26.2. The van der Waals surface area contributed by atoms with Crippen molar-refractivity contribution < 1.29 is 8.42 Å². The summed E-state index contributed by atoms with van der Waals surface area (Å²) in [7, 11) is -3.52. The highest BCUT2D eigenvalue weighted by molar-refractivity contribution is 7.91. The third-order valence-corrected chi connectivity index (χ3v) is 4.75. The maximum atomic E-state index is 12.3. The zero-order chi connectivity index (χ0) is 15.3. The van der Waals surface area contributed by atoms with Crippen molar-refractivity contribution in [1.82, 2.24) is 14.8 Å². The molecule has 2 aromatic rings. The third-order valence-electron chi connectivity index (χ3n) is 3.07. The summed E-state index contributed by atoms with van der Waals surface area (Å²) in [6, 6.07) is 11.5. The van der Waals surface area contributed by atoms with Crippen LogP contribution in [-0.4, -0.2) is 28.9 Å². The molecule has 0 N–H and O–H groups in total. The van der Waals surface area contributed by atoms with E-state index in [0.29, 0.717) is 18.8 Å². The number of nitrogens with zero attached hydrogens (tertiary/aromatic N) is 4. The number of benzene rings is 1. The van der Waals surface area contributed by atoms with Gasteiger partial charge < -0.3 is 0 Å². The minimum absolute atomic E-state index is 0.0261. The van der Waals surface area contributed by atoms with Gasteiger partial charge in [0, 0.05) is 6.42 Å². The van der Waals surface area contributed by atoms with Gasteiger partial charge in [0.05, 0.1) is 18.4 Å². The molecule has 0 bridgehead atoms. The van der Waals surface area contributed by atoms with Gasteiger partial charge in [0.25, 0.3) is 0 Å². The van der Waals surface area contributed by atoms with Crippen LogP contribution in [0.15, 0.2) is 35.5 Å². The summed E-state index contributed by atoms with van der Waals surface area (Å²) in [6.07, 6.45) is 0.515. The van der Waals surface area contributed by atoms with Gasteiger partial charge in [-0.1, -0.05) is 30.3 Å². The Labute approximate surface area is 124 Å². The highest BCUT2D eigenvalue weighted by atomic mass is 32.2. The molecule has 0 radical (unpaired) electrons. The lowest BCUT2D eigenvalue weighted by molar-refractivity contribution is 0.567. The fraction of sp³-hybridized carbons (Fsp3) is 0.357. The molecule has 6 nitrogen and oxygen atoms in total. The van der Waals surface area contributed by atoms with Crippen molar-refractivity contribution in [2.75, 3.05) is 5.75 Å². The Hall–Kier alpha value is -2.20. The maximum Gasteiger partial charge on any atom is 0.250 e. The molecule has 7 heteroatoms. The van der Waals surface area contributed by atoms with Crippen LogP contribution in [0, 0.1) is 18.3 Å². The Bertz CT molecular complexity index is 745. The van der Waals surface area contributed by atoms with Gasteiger partial charge in [0.15, 0.2) is 0 Å². The largest absolute Gasteiger partial charge is 0.298 e. The Morgan fingerprint density at radius 2 is 1.95 bits per heavy atom. The number of hydrogen-bond donors (Lipinski definition) is 0. The van der Waals surface area contributed by atoms with Gasteiger partial charge in [-0.2, -0.15) is 5.26 Å². The number of rotatable bonds is 6. The molecular formula is C14H16N4O2S. The number of sulfone groups is 1. The molecule has 0 unspecified atom stereocenters. The van der Waals surface area contributed by atoms with Crippen molar-refractivity contribution in [3.05, 3.63) is 41.7 Å². The summed E-state index contributed by atoms with van der Waals surface area (Å²) in [4.78, 5) is 0. The molecule has 0 aliphatic heterocycles. The number of aryl methyl sites for hydroxylation is 1. The van der Waals surface area contributed by atoms with Crippen molar-refractivity contribution >= 4 is 9.84 Å². The molecule has 1 aromatic heterocycles. The summed E-state index contributed by atoms with van der Waals surface area (Å²) in [6.45, 7) is 2.14. The van der Waals surface area contributed by atoms with E-state index in [0.717, 1.165) is 5.56 Å². The minimum Gasteiger partial charge on any atom is -0.298 e. The molecule has 21 heavy (non-hydrogen) atoms. The Morgan fingerprint density at radius 3 is 2.62 bits per heavy atom. The van der Waals surface area contributed by atoms with Crippen LogP contribution in [0.1, 0.15) is 24.2 Å². The Morgan fingerprint density at radius 1 is 1.24 bits per heavy atom. The van der Waals surface area contributed by atoms with Gasteiger partial charge in [-0.3, -0.25) is 4.57 Å². The Balaban J connectivity index is 2.28. The highest BCUT2D eigenvalue weighted by Crippen LogP contribution is 2.14. The molecule has 110 valence electrons. The molecule has 0 aliphatic rings. The monoisotopic (exact) mass is 304 g/mol. The summed E-state index contributed by atoms with van der Waals surface area (Å²) >= 11 is 0. The maximum absolute atomic E-state index is 12.3. The molecule has 2 rings (SSSR count). The minimum atomic E-state index is -3.52. The molecule has 0 spiro atoms.